The lowest BCUT2D eigenvalue weighted by Gasteiger charge is -2.29. The zero-order valence-electron chi connectivity index (χ0n) is 27.3. The zero-order valence-corrected chi connectivity index (χ0v) is 27.3. The van der Waals surface area contributed by atoms with Crippen LogP contribution in [-0.2, 0) is 28.7 Å². The maximum absolute atomic E-state index is 13.1. The predicted octanol–water partition coefficient (Wildman–Crippen LogP) is 2.81. The van der Waals surface area contributed by atoms with Gasteiger partial charge < -0.3 is 34.6 Å². The van der Waals surface area contributed by atoms with Crippen molar-refractivity contribution in [3.05, 3.63) is 41.7 Å². The number of hydrogen-bond acceptors (Lipinski definition) is 11. The molecule has 0 unspecified atom stereocenters. The number of methoxy groups -OCH3 is 2. The molecule has 0 spiro atoms. The lowest BCUT2D eigenvalue weighted by Crippen LogP contribution is -2.47. The van der Waals surface area contributed by atoms with Crippen LogP contribution < -0.4 is 20.7 Å². The van der Waals surface area contributed by atoms with E-state index in [1.807, 2.05) is 6.92 Å². The summed E-state index contributed by atoms with van der Waals surface area (Å²) in [6, 6.07) is 5.52. The molecule has 4 amide bonds. The van der Waals surface area contributed by atoms with E-state index >= 15 is 0 Å². The average molecular weight is 661 g/mol. The van der Waals surface area contributed by atoms with Crippen molar-refractivity contribution in [3.63, 3.8) is 0 Å². The molecule has 0 aliphatic heterocycles. The van der Waals surface area contributed by atoms with Crippen molar-refractivity contribution in [1.29, 1.82) is 0 Å². The van der Waals surface area contributed by atoms with Crippen LogP contribution >= 0.6 is 0 Å². The number of esters is 2. The molecule has 1 aromatic heterocycles. The number of hydroxylamine groups is 2. The number of furan rings is 1. The Morgan fingerprint density at radius 3 is 2.34 bits per heavy atom. The molecular weight excluding hydrogens is 616 g/mol. The predicted molar refractivity (Wildman–Crippen MR) is 167 cm³/mol. The molecule has 0 saturated heterocycles. The van der Waals surface area contributed by atoms with Crippen LogP contribution in [0.3, 0.4) is 0 Å². The minimum atomic E-state index is -1.29. The third-order valence-corrected chi connectivity index (χ3v) is 7.33. The van der Waals surface area contributed by atoms with Crippen molar-refractivity contribution in [2.45, 2.75) is 71.4 Å². The molecular formula is C32H44N4O11. The fourth-order valence-electron chi connectivity index (χ4n) is 4.85. The number of carbonyl (C=O) groups is 6. The molecule has 15 heteroatoms. The topological polar surface area (TPSA) is 203 Å². The van der Waals surface area contributed by atoms with Gasteiger partial charge in [-0.2, -0.15) is 0 Å². The standard InChI is InChI=1S/C32H44N4O11/c1-6-9-10-11-21(24(7-2)36(43)19-37)29(39)33-18-34-31(41)26-15-14-25(47-26)20-12-13-22(27(16-20)46-8-3)30(40)35-23(32(42)45-5)17-28(38)44-4/h12-16,19,21,23-24,43H,6-11,17-18H2,1-5H3,(H,33,39)(H,34,41)(H,35,40)/t21-,23+,24-/m1/s1. The summed E-state index contributed by atoms with van der Waals surface area (Å²) >= 11 is 0. The Kier molecular flexibility index (Phi) is 15.9. The van der Waals surface area contributed by atoms with Crippen LogP contribution in [-0.4, -0.2) is 85.9 Å². The highest BCUT2D eigenvalue weighted by molar-refractivity contribution is 6.00. The summed E-state index contributed by atoms with van der Waals surface area (Å²) < 4.78 is 20.7. The summed E-state index contributed by atoms with van der Waals surface area (Å²) in [5, 5.41) is 18.2. The van der Waals surface area contributed by atoms with Crippen molar-refractivity contribution in [2.75, 3.05) is 27.5 Å². The van der Waals surface area contributed by atoms with Gasteiger partial charge >= 0.3 is 11.9 Å². The molecule has 0 bridgehead atoms. The van der Waals surface area contributed by atoms with Crippen LogP contribution in [0.2, 0.25) is 0 Å². The number of ether oxygens (including phenoxy) is 3. The summed E-state index contributed by atoms with van der Waals surface area (Å²) in [6.07, 6.45) is 3.23. The van der Waals surface area contributed by atoms with E-state index in [2.05, 4.69) is 25.4 Å². The number of rotatable bonds is 20. The van der Waals surface area contributed by atoms with Gasteiger partial charge in [0.1, 0.15) is 17.6 Å². The molecule has 0 radical (unpaired) electrons. The number of unbranched alkanes of at least 4 members (excludes halogenated alkanes) is 2. The van der Waals surface area contributed by atoms with E-state index in [0.29, 0.717) is 23.5 Å². The Morgan fingerprint density at radius 1 is 0.979 bits per heavy atom. The van der Waals surface area contributed by atoms with E-state index in [9.17, 15) is 34.0 Å². The normalized spacial score (nSPS) is 12.6. The monoisotopic (exact) mass is 660 g/mol. The summed E-state index contributed by atoms with van der Waals surface area (Å²) in [7, 11) is 2.28. The number of nitrogens with zero attached hydrogens (tertiary/aromatic N) is 1. The van der Waals surface area contributed by atoms with Crippen molar-refractivity contribution in [3.8, 4) is 17.1 Å². The minimum absolute atomic E-state index is 0.0498. The van der Waals surface area contributed by atoms with Crippen LogP contribution in [0.25, 0.3) is 11.3 Å². The van der Waals surface area contributed by atoms with E-state index in [1.165, 1.54) is 18.2 Å². The lowest BCUT2D eigenvalue weighted by atomic mass is 9.90. The third-order valence-electron chi connectivity index (χ3n) is 7.33. The van der Waals surface area contributed by atoms with Crippen LogP contribution in [0, 0.1) is 5.92 Å². The molecule has 258 valence electrons. The Hall–Kier alpha value is -4.92. The maximum Gasteiger partial charge on any atom is 0.328 e. The molecule has 0 saturated carbocycles. The molecule has 15 nitrogen and oxygen atoms in total. The summed E-state index contributed by atoms with van der Waals surface area (Å²) in [5.41, 5.74) is 0.547. The first-order valence-electron chi connectivity index (χ1n) is 15.4. The van der Waals surface area contributed by atoms with E-state index in [0.717, 1.165) is 33.5 Å². The summed E-state index contributed by atoms with van der Waals surface area (Å²) in [6.45, 7) is 5.49. The fourth-order valence-corrected chi connectivity index (χ4v) is 4.85. The quantitative estimate of drug-likeness (QED) is 0.0406. The van der Waals surface area contributed by atoms with Crippen LogP contribution in [0.4, 0.5) is 0 Å². The summed E-state index contributed by atoms with van der Waals surface area (Å²) in [4.78, 5) is 73.8. The van der Waals surface area contributed by atoms with Crippen LogP contribution in [0.5, 0.6) is 5.75 Å². The average Bonchev–Trinajstić information content (AvgIpc) is 3.57. The first-order valence-corrected chi connectivity index (χ1v) is 15.4. The van der Waals surface area contributed by atoms with E-state index in [-0.39, 0.29) is 42.5 Å². The number of hydrogen-bond donors (Lipinski definition) is 4. The van der Waals surface area contributed by atoms with E-state index < -0.39 is 54.1 Å². The molecule has 0 aliphatic rings. The molecule has 2 rings (SSSR count). The van der Waals surface area contributed by atoms with Crippen molar-refractivity contribution in [1.82, 2.24) is 21.0 Å². The molecule has 0 aliphatic carbocycles. The SMILES string of the molecule is CCCCC[C@@H](C(=O)NCNC(=O)c1ccc(-c2ccc(C(=O)N[C@@H](CC(=O)OC)C(=O)OC)c(OCC)c2)o1)[C@@H](CC)N(O)C=O. The molecule has 47 heavy (non-hydrogen) atoms. The first kappa shape index (κ1) is 38.3. The minimum Gasteiger partial charge on any atom is -0.493 e. The third kappa shape index (κ3) is 11.1. The molecule has 0 fully saturated rings. The Labute approximate surface area is 273 Å². The molecule has 1 aromatic carbocycles. The number of carbonyl (C=O) groups excluding carboxylic acids is 6. The number of benzene rings is 1. The van der Waals surface area contributed by atoms with E-state index in [1.54, 1.807) is 26.0 Å². The van der Waals surface area contributed by atoms with Gasteiger partial charge in [-0.3, -0.25) is 29.2 Å². The van der Waals surface area contributed by atoms with Gasteiger partial charge in [-0.15, -0.1) is 0 Å². The van der Waals surface area contributed by atoms with Gasteiger partial charge in [-0.1, -0.05) is 39.2 Å². The second-order valence-corrected chi connectivity index (χ2v) is 10.4. The first-order chi connectivity index (χ1) is 22.5. The fraction of sp³-hybridized carbons (Fsp3) is 0.500. The van der Waals surface area contributed by atoms with Gasteiger partial charge in [0.15, 0.2) is 5.76 Å². The second kappa shape index (κ2) is 19.6. The summed E-state index contributed by atoms with van der Waals surface area (Å²) in [5.74, 6) is -3.54. The highest BCUT2D eigenvalue weighted by atomic mass is 16.5. The van der Waals surface area contributed by atoms with Crippen molar-refractivity contribution >= 4 is 36.1 Å². The van der Waals surface area contributed by atoms with Crippen molar-refractivity contribution < 1.29 is 52.6 Å². The highest BCUT2D eigenvalue weighted by Gasteiger charge is 2.31. The van der Waals surface area contributed by atoms with E-state index in [4.69, 9.17) is 9.15 Å². The Morgan fingerprint density at radius 2 is 1.72 bits per heavy atom. The van der Waals surface area contributed by atoms with Gasteiger partial charge in [0.2, 0.25) is 12.3 Å². The highest BCUT2D eigenvalue weighted by Crippen LogP contribution is 2.29. The van der Waals surface area contributed by atoms with Gasteiger partial charge in [-0.25, -0.2) is 9.86 Å². The lowest BCUT2D eigenvalue weighted by molar-refractivity contribution is -0.168. The van der Waals surface area contributed by atoms with Gasteiger partial charge in [0, 0.05) is 5.56 Å². The second-order valence-electron chi connectivity index (χ2n) is 10.4. The molecule has 1 heterocycles. The van der Waals surface area contributed by atoms with Crippen LogP contribution in [0.1, 0.15) is 80.2 Å². The Balaban J connectivity index is 2.13. The van der Waals surface area contributed by atoms with Gasteiger partial charge in [0.05, 0.1) is 51.4 Å². The molecule has 4 N–H and O–H groups in total. The van der Waals surface area contributed by atoms with Crippen molar-refractivity contribution in [2.24, 2.45) is 5.92 Å². The smallest absolute Gasteiger partial charge is 0.328 e. The number of nitrogens with one attached hydrogen (secondary N) is 3. The molecule has 2 aromatic rings. The number of amides is 4. The Bertz CT molecular complexity index is 1380. The van der Waals surface area contributed by atoms with Crippen LogP contribution in [0.15, 0.2) is 34.7 Å². The largest absolute Gasteiger partial charge is 0.493 e. The van der Waals surface area contributed by atoms with Gasteiger partial charge in [0.25, 0.3) is 11.8 Å². The molecule has 3 atom stereocenters. The zero-order chi connectivity index (χ0) is 34.9. The maximum atomic E-state index is 13.1. The van der Waals surface area contributed by atoms with Gasteiger partial charge in [-0.05, 0) is 44.0 Å².